The van der Waals surface area contributed by atoms with E-state index in [1.165, 1.54) is 0 Å². The van der Waals surface area contributed by atoms with Crippen molar-refractivity contribution < 1.29 is 9.90 Å². The molecule has 44 valence electrons. The van der Waals surface area contributed by atoms with Crippen LogP contribution in [0.3, 0.4) is 0 Å². The topological polar surface area (TPSA) is 63.3 Å². The van der Waals surface area contributed by atoms with Crippen molar-refractivity contribution in [3.8, 4) is 0 Å². The molecule has 1 atom stereocenters. The molecule has 0 bridgehead atoms. The molecule has 0 aliphatic rings. The number of thiol groups is 1. The normalized spacial score (nSPS) is 11.8. The van der Waals surface area contributed by atoms with Crippen molar-refractivity contribution in [3.05, 3.63) is 0 Å². The van der Waals surface area contributed by atoms with Crippen LogP contribution in [0.25, 0.3) is 0 Å². The van der Waals surface area contributed by atoms with Crippen LogP contribution in [0, 0.1) is 0 Å². The van der Waals surface area contributed by atoms with Crippen LogP contribution in [0.1, 0.15) is 0 Å². The van der Waals surface area contributed by atoms with Crippen LogP contribution in [-0.4, -0.2) is 74.3 Å². The summed E-state index contributed by atoms with van der Waals surface area (Å²) in [6.45, 7) is 0. The van der Waals surface area contributed by atoms with Crippen molar-refractivity contribution >= 4 is 70.0 Å². The van der Waals surface area contributed by atoms with Crippen molar-refractivity contribution in [2.45, 2.75) is 6.04 Å². The Balaban J connectivity index is 0. The van der Waals surface area contributed by atoms with Gasteiger partial charge in [0.05, 0.1) is 0 Å². The first-order chi connectivity index (χ1) is 3.18. The molecule has 0 saturated carbocycles. The first kappa shape index (κ1) is 12.1. The Morgan fingerprint density at radius 2 is 2.25 bits per heavy atom. The molecular formula is C3H8KNO2S. The average Bonchev–Trinajstić information content (AvgIpc) is 1.65. The number of hydrogen-bond donors (Lipinski definition) is 3. The molecule has 0 rings (SSSR count). The molecule has 0 amide bonds. The summed E-state index contributed by atoms with van der Waals surface area (Å²) in [5.74, 6) is -0.815. The van der Waals surface area contributed by atoms with E-state index in [1.807, 2.05) is 0 Å². The van der Waals surface area contributed by atoms with Crippen LogP contribution < -0.4 is 5.73 Å². The van der Waals surface area contributed by atoms with Crippen molar-refractivity contribution in [2.75, 3.05) is 5.75 Å². The first-order valence-corrected chi connectivity index (χ1v) is 2.41. The van der Waals surface area contributed by atoms with Gasteiger partial charge in [-0.1, -0.05) is 0 Å². The zero-order valence-electron chi connectivity index (χ0n) is 3.66. The Bertz CT molecular complexity index is 79.7. The van der Waals surface area contributed by atoms with Gasteiger partial charge < -0.3 is 10.8 Å². The van der Waals surface area contributed by atoms with Crippen molar-refractivity contribution in [3.63, 3.8) is 0 Å². The van der Waals surface area contributed by atoms with Crippen LogP contribution in [-0.2, 0) is 4.79 Å². The third-order valence-electron chi connectivity index (χ3n) is 0.514. The van der Waals surface area contributed by atoms with Gasteiger partial charge in [-0.3, -0.25) is 4.79 Å². The second-order valence-electron chi connectivity index (χ2n) is 1.13. The number of carboxylic acid groups (broad SMARTS) is 1. The maximum absolute atomic E-state index is 9.76. The molecular weight excluding hydrogens is 153 g/mol. The second-order valence-corrected chi connectivity index (χ2v) is 1.49. The standard InChI is InChI=1S/C3H7NO2S.K.H/c4-2(1-7)3(5)6;;/h2,7H,1,4H2,(H,5,6);;. The molecule has 0 aromatic heterocycles. The van der Waals surface area contributed by atoms with Crippen LogP contribution in [0.15, 0.2) is 0 Å². The van der Waals surface area contributed by atoms with Crippen LogP contribution in [0.4, 0.5) is 0 Å². The fraction of sp³-hybridized carbons (Fsp3) is 0.667. The van der Waals surface area contributed by atoms with Gasteiger partial charge in [0.1, 0.15) is 6.04 Å². The summed E-state index contributed by atoms with van der Waals surface area (Å²) in [6, 6.07) is -0.816. The minimum absolute atomic E-state index is 0. The molecule has 0 aromatic carbocycles. The summed E-state index contributed by atoms with van der Waals surface area (Å²) in [4.78, 5) is 9.76. The number of hydrogen-bond acceptors (Lipinski definition) is 3. The van der Waals surface area contributed by atoms with Gasteiger partial charge in [-0.15, -0.1) is 0 Å². The van der Waals surface area contributed by atoms with E-state index in [1.54, 1.807) is 0 Å². The quantitative estimate of drug-likeness (QED) is 0.348. The summed E-state index contributed by atoms with van der Waals surface area (Å²) >= 11 is 3.65. The third-order valence-corrected chi connectivity index (χ3v) is 0.907. The van der Waals surface area contributed by atoms with Crippen LogP contribution in [0.5, 0.6) is 0 Å². The molecule has 0 saturated heterocycles. The van der Waals surface area contributed by atoms with E-state index in [-0.39, 0.29) is 57.1 Å². The van der Waals surface area contributed by atoms with Crippen molar-refractivity contribution in [2.24, 2.45) is 5.73 Å². The SMILES string of the molecule is NC(CS)C(=O)O.[KH]. The summed E-state index contributed by atoms with van der Waals surface area (Å²) < 4.78 is 0. The number of rotatable bonds is 2. The van der Waals surface area contributed by atoms with Gasteiger partial charge in [0.2, 0.25) is 0 Å². The summed E-state index contributed by atoms with van der Waals surface area (Å²) in [5, 5.41) is 8.01. The van der Waals surface area contributed by atoms with Gasteiger partial charge in [-0.25, -0.2) is 0 Å². The number of carboxylic acids is 1. The van der Waals surface area contributed by atoms with Gasteiger partial charge in [0, 0.05) is 5.75 Å². The van der Waals surface area contributed by atoms with Crippen LogP contribution >= 0.6 is 12.6 Å². The summed E-state index contributed by atoms with van der Waals surface area (Å²) in [7, 11) is 0. The zero-order chi connectivity index (χ0) is 5.86. The molecule has 0 radical (unpaired) electrons. The fourth-order valence-corrected chi connectivity index (χ4v) is 0.234. The predicted octanol–water partition coefficient (Wildman–Crippen LogP) is -1.32. The molecule has 3 N–H and O–H groups in total. The Morgan fingerprint density at radius 1 is 1.88 bits per heavy atom. The molecule has 3 nitrogen and oxygen atoms in total. The van der Waals surface area contributed by atoms with Crippen LogP contribution in [0.2, 0.25) is 0 Å². The third kappa shape index (κ3) is 5.55. The van der Waals surface area contributed by atoms with E-state index in [9.17, 15) is 4.79 Å². The molecule has 1 unspecified atom stereocenters. The van der Waals surface area contributed by atoms with Crippen molar-refractivity contribution in [1.82, 2.24) is 0 Å². The molecule has 0 fully saturated rings. The zero-order valence-corrected chi connectivity index (χ0v) is 4.56. The number of carbonyl (C=O) groups is 1. The predicted molar refractivity (Wildman–Crippen MR) is 36.6 cm³/mol. The summed E-state index contributed by atoms with van der Waals surface area (Å²) in [5.41, 5.74) is 4.94. The molecule has 8 heavy (non-hydrogen) atoms. The number of aliphatic carboxylic acids is 1. The minimum atomic E-state index is -1.00. The Kier molecular flexibility index (Phi) is 9.91. The monoisotopic (exact) mass is 161 g/mol. The molecule has 0 spiro atoms. The molecule has 0 aliphatic carbocycles. The van der Waals surface area contributed by atoms with Gasteiger partial charge in [-0.2, -0.15) is 12.6 Å². The van der Waals surface area contributed by atoms with Gasteiger partial charge in [0.25, 0.3) is 0 Å². The van der Waals surface area contributed by atoms with E-state index >= 15 is 0 Å². The van der Waals surface area contributed by atoms with E-state index in [0.29, 0.717) is 0 Å². The Labute approximate surface area is 95.8 Å². The van der Waals surface area contributed by atoms with E-state index in [2.05, 4.69) is 12.6 Å². The first-order valence-electron chi connectivity index (χ1n) is 1.77. The fourth-order valence-electron chi connectivity index (χ4n) is 0.0781. The van der Waals surface area contributed by atoms with Gasteiger partial charge in [-0.05, 0) is 0 Å². The van der Waals surface area contributed by atoms with Crippen molar-refractivity contribution in [1.29, 1.82) is 0 Å². The summed E-state index contributed by atoms with van der Waals surface area (Å²) in [6.07, 6.45) is 0. The van der Waals surface area contributed by atoms with E-state index < -0.39 is 12.0 Å². The van der Waals surface area contributed by atoms with Gasteiger partial charge >= 0.3 is 57.4 Å². The second kappa shape index (κ2) is 6.54. The molecule has 0 heterocycles. The van der Waals surface area contributed by atoms with E-state index in [0.717, 1.165) is 0 Å². The Morgan fingerprint density at radius 3 is 2.25 bits per heavy atom. The molecule has 5 heteroatoms. The van der Waals surface area contributed by atoms with Gasteiger partial charge in [0.15, 0.2) is 0 Å². The maximum atomic E-state index is 9.76. The molecule has 0 aliphatic heterocycles. The molecule has 0 aromatic rings. The average molecular weight is 161 g/mol. The van der Waals surface area contributed by atoms with E-state index in [4.69, 9.17) is 10.8 Å². The Hall–Kier alpha value is 1.42. The number of nitrogens with two attached hydrogens (primary N) is 1.